The van der Waals surface area contributed by atoms with Crippen LogP contribution < -0.4 is 5.32 Å². The summed E-state index contributed by atoms with van der Waals surface area (Å²) in [7, 11) is 0. The summed E-state index contributed by atoms with van der Waals surface area (Å²) in [5.74, 6) is -0.234. The van der Waals surface area contributed by atoms with Gasteiger partial charge in [-0.15, -0.1) is 0 Å². The van der Waals surface area contributed by atoms with Crippen LogP contribution in [0.4, 0.5) is 10.1 Å². The van der Waals surface area contributed by atoms with Gasteiger partial charge in [-0.2, -0.15) is 0 Å². The number of hydrogen-bond acceptors (Lipinski definition) is 2. The SMILES string of the molecule is CC[C@H](O)CC(=O)Nc1ccc(CF)cc1. The number of anilines is 1. The van der Waals surface area contributed by atoms with Gasteiger partial charge in [-0.05, 0) is 24.1 Å². The van der Waals surface area contributed by atoms with Crippen molar-refractivity contribution in [2.75, 3.05) is 5.32 Å². The predicted molar refractivity (Wildman–Crippen MR) is 60.8 cm³/mol. The molecule has 0 radical (unpaired) electrons. The van der Waals surface area contributed by atoms with E-state index in [4.69, 9.17) is 0 Å². The van der Waals surface area contributed by atoms with E-state index < -0.39 is 12.8 Å². The summed E-state index contributed by atoms with van der Waals surface area (Å²) in [6, 6.07) is 6.52. The van der Waals surface area contributed by atoms with E-state index >= 15 is 0 Å². The molecule has 0 aliphatic heterocycles. The molecule has 1 atom stereocenters. The zero-order valence-electron chi connectivity index (χ0n) is 9.24. The van der Waals surface area contributed by atoms with Crippen molar-refractivity contribution in [3.63, 3.8) is 0 Å². The number of hydrogen-bond donors (Lipinski definition) is 2. The van der Waals surface area contributed by atoms with Gasteiger partial charge in [0.2, 0.25) is 5.91 Å². The Bertz CT molecular complexity index is 337. The van der Waals surface area contributed by atoms with Gasteiger partial charge in [0.25, 0.3) is 0 Å². The summed E-state index contributed by atoms with van der Waals surface area (Å²) >= 11 is 0. The maximum Gasteiger partial charge on any atom is 0.226 e. The molecular weight excluding hydrogens is 209 g/mol. The smallest absolute Gasteiger partial charge is 0.226 e. The van der Waals surface area contributed by atoms with E-state index in [1.807, 2.05) is 6.92 Å². The quantitative estimate of drug-likeness (QED) is 0.807. The first-order valence-electron chi connectivity index (χ1n) is 5.28. The third-order valence-electron chi connectivity index (χ3n) is 2.28. The zero-order chi connectivity index (χ0) is 12.0. The summed E-state index contributed by atoms with van der Waals surface area (Å²) in [6.07, 6.45) is 0.0281. The number of rotatable bonds is 5. The van der Waals surface area contributed by atoms with Gasteiger partial charge in [0.05, 0.1) is 12.5 Å². The molecule has 0 aliphatic rings. The first kappa shape index (κ1) is 12.6. The number of halogens is 1. The first-order valence-corrected chi connectivity index (χ1v) is 5.28. The third kappa shape index (κ3) is 3.98. The molecule has 1 aromatic carbocycles. The van der Waals surface area contributed by atoms with Crippen LogP contribution in [0.1, 0.15) is 25.3 Å². The average Bonchev–Trinajstić information content (AvgIpc) is 2.29. The Balaban J connectivity index is 2.49. The number of alkyl halides is 1. The van der Waals surface area contributed by atoms with Gasteiger partial charge in [0.15, 0.2) is 0 Å². The Kier molecular flexibility index (Phi) is 4.92. The fourth-order valence-electron chi connectivity index (χ4n) is 1.25. The van der Waals surface area contributed by atoms with Crippen molar-refractivity contribution in [3.8, 4) is 0 Å². The normalized spacial score (nSPS) is 12.2. The second-order valence-corrected chi connectivity index (χ2v) is 3.64. The molecule has 16 heavy (non-hydrogen) atoms. The lowest BCUT2D eigenvalue weighted by Crippen LogP contribution is -2.19. The zero-order valence-corrected chi connectivity index (χ0v) is 9.24. The van der Waals surface area contributed by atoms with Crippen LogP contribution in [0.3, 0.4) is 0 Å². The number of aliphatic hydroxyl groups is 1. The van der Waals surface area contributed by atoms with Crippen molar-refractivity contribution in [1.29, 1.82) is 0 Å². The minimum absolute atomic E-state index is 0.0847. The van der Waals surface area contributed by atoms with E-state index in [1.165, 1.54) is 0 Å². The van der Waals surface area contributed by atoms with E-state index in [0.717, 1.165) is 0 Å². The van der Waals surface area contributed by atoms with Crippen LogP contribution in [-0.4, -0.2) is 17.1 Å². The van der Waals surface area contributed by atoms with Gasteiger partial charge in [-0.1, -0.05) is 19.1 Å². The molecule has 0 spiro atoms. The second-order valence-electron chi connectivity index (χ2n) is 3.64. The third-order valence-corrected chi connectivity index (χ3v) is 2.28. The van der Waals surface area contributed by atoms with Crippen LogP contribution in [-0.2, 0) is 11.5 Å². The molecule has 0 bridgehead atoms. The Labute approximate surface area is 94.3 Å². The molecule has 0 heterocycles. The molecule has 0 aromatic heterocycles. The van der Waals surface area contributed by atoms with E-state index in [-0.39, 0.29) is 12.3 Å². The van der Waals surface area contributed by atoms with Gasteiger partial charge in [0.1, 0.15) is 6.67 Å². The predicted octanol–water partition coefficient (Wildman–Crippen LogP) is 2.26. The van der Waals surface area contributed by atoms with Gasteiger partial charge >= 0.3 is 0 Å². The highest BCUT2D eigenvalue weighted by Crippen LogP contribution is 2.11. The molecule has 0 saturated heterocycles. The molecule has 0 fully saturated rings. The fraction of sp³-hybridized carbons (Fsp3) is 0.417. The van der Waals surface area contributed by atoms with Crippen molar-refractivity contribution < 1.29 is 14.3 Å². The average molecular weight is 225 g/mol. The molecule has 1 amide bonds. The van der Waals surface area contributed by atoms with E-state index in [9.17, 15) is 14.3 Å². The summed E-state index contributed by atoms with van der Waals surface area (Å²) < 4.78 is 12.2. The molecule has 0 aliphatic carbocycles. The molecule has 0 unspecified atom stereocenters. The highest BCUT2D eigenvalue weighted by Gasteiger charge is 2.08. The van der Waals surface area contributed by atoms with Crippen molar-refractivity contribution in [2.45, 2.75) is 32.5 Å². The van der Waals surface area contributed by atoms with Crippen LogP contribution >= 0.6 is 0 Å². The van der Waals surface area contributed by atoms with Crippen LogP contribution in [0.2, 0.25) is 0 Å². The highest BCUT2D eigenvalue weighted by atomic mass is 19.1. The Morgan fingerprint density at radius 2 is 2.06 bits per heavy atom. The molecule has 0 saturated carbocycles. The van der Waals surface area contributed by atoms with Gasteiger partial charge in [0, 0.05) is 5.69 Å². The molecular formula is C12H16FNO2. The van der Waals surface area contributed by atoms with Crippen molar-refractivity contribution in [2.24, 2.45) is 0 Å². The highest BCUT2D eigenvalue weighted by molar-refractivity contribution is 5.90. The molecule has 4 heteroatoms. The summed E-state index contributed by atoms with van der Waals surface area (Å²) in [4.78, 5) is 11.4. The molecule has 88 valence electrons. The molecule has 1 aromatic rings. The summed E-state index contributed by atoms with van der Waals surface area (Å²) in [5, 5.41) is 11.9. The van der Waals surface area contributed by atoms with Crippen LogP contribution in [0.25, 0.3) is 0 Å². The monoisotopic (exact) mass is 225 g/mol. The maximum absolute atomic E-state index is 12.2. The largest absolute Gasteiger partial charge is 0.393 e. The number of aliphatic hydroxyl groups excluding tert-OH is 1. The molecule has 3 nitrogen and oxygen atoms in total. The van der Waals surface area contributed by atoms with Crippen molar-refractivity contribution in [1.82, 2.24) is 0 Å². The van der Waals surface area contributed by atoms with E-state index in [1.54, 1.807) is 24.3 Å². The van der Waals surface area contributed by atoms with E-state index in [2.05, 4.69) is 5.32 Å². The van der Waals surface area contributed by atoms with Crippen molar-refractivity contribution >= 4 is 11.6 Å². The summed E-state index contributed by atoms with van der Waals surface area (Å²) in [6.45, 7) is 1.30. The number of carbonyl (C=O) groups is 1. The minimum atomic E-state index is -0.606. The Morgan fingerprint density at radius 1 is 1.44 bits per heavy atom. The van der Waals surface area contributed by atoms with E-state index in [0.29, 0.717) is 17.7 Å². The lowest BCUT2D eigenvalue weighted by atomic mass is 10.2. The number of benzene rings is 1. The van der Waals surface area contributed by atoms with Gasteiger partial charge < -0.3 is 10.4 Å². The lowest BCUT2D eigenvalue weighted by molar-refractivity contribution is -0.118. The fourth-order valence-corrected chi connectivity index (χ4v) is 1.25. The topological polar surface area (TPSA) is 49.3 Å². The van der Waals surface area contributed by atoms with Crippen molar-refractivity contribution in [3.05, 3.63) is 29.8 Å². The number of carbonyl (C=O) groups excluding carboxylic acids is 1. The van der Waals surface area contributed by atoms with Gasteiger partial charge in [-0.25, -0.2) is 4.39 Å². The lowest BCUT2D eigenvalue weighted by Gasteiger charge is -2.08. The Hall–Kier alpha value is -1.42. The number of amides is 1. The number of nitrogens with one attached hydrogen (secondary N) is 1. The van der Waals surface area contributed by atoms with Crippen LogP contribution in [0, 0.1) is 0 Å². The van der Waals surface area contributed by atoms with Crippen LogP contribution in [0.15, 0.2) is 24.3 Å². The maximum atomic E-state index is 12.2. The first-order chi connectivity index (χ1) is 7.65. The molecule has 2 N–H and O–H groups in total. The molecule has 1 rings (SSSR count). The minimum Gasteiger partial charge on any atom is -0.393 e. The second kappa shape index (κ2) is 6.23. The summed E-state index contributed by atoms with van der Waals surface area (Å²) in [5.41, 5.74) is 1.19. The Morgan fingerprint density at radius 3 is 2.56 bits per heavy atom. The van der Waals surface area contributed by atoms with Crippen LogP contribution in [0.5, 0.6) is 0 Å². The van der Waals surface area contributed by atoms with Gasteiger partial charge in [-0.3, -0.25) is 4.79 Å². The standard InChI is InChI=1S/C12H16FNO2/c1-2-11(15)7-12(16)14-10-5-3-9(8-13)4-6-10/h3-6,11,15H,2,7-8H2,1H3,(H,14,16)/t11-/m0/s1.